The molecule has 0 aliphatic carbocycles. The molecule has 3 rings (SSSR count). The standard InChI is InChI=1S/C22H21ClFNO4S/c1-15(16-6-4-8-18(12-16)28-2)25(17-7-5-9-19(13-17)29-3)30(26,27)20-10-11-22(24)21(23)14-20/h4-15H,1-3H3. The number of benzene rings is 3. The van der Waals surface area contributed by atoms with E-state index in [-0.39, 0.29) is 9.92 Å². The van der Waals surface area contributed by atoms with Crippen LogP contribution in [0.1, 0.15) is 18.5 Å². The van der Waals surface area contributed by atoms with E-state index in [1.54, 1.807) is 56.5 Å². The molecule has 158 valence electrons. The summed E-state index contributed by atoms with van der Waals surface area (Å²) in [6, 6.07) is 16.6. The van der Waals surface area contributed by atoms with Crippen molar-refractivity contribution in [3.8, 4) is 11.5 Å². The summed E-state index contributed by atoms with van der Waals surface area (Å²) in [7, 11) is -1.05. The Labute approximate surface area is 180 Å². The summed E-state index contributed by atoms with van der Waals surface area (Å²) >= 11 is 5.86. The van der Waals surface area contributed by atoms with Crippen molar-refractivity contribution in [2.45, 2.75) is 17.9 Å². The molecule has 0 N–H and O–H groups in total. The van der Waals surface area contributed by atoms with Crippen LogP contribution in [0.15, 0.2) is 71.6 Å². The van der Waals surface area contributed by atoms with Gasteiger partial charge in [-0.2, -0.15) is 0 Å². The first kappa shape index (κ1) is 21.9. The molecule has 1 atom stereocenters. The largest absolute Gasteiger partial charge is 0.497 e. The van der Waals surface area contributed by atoms with Gasteiger partial charge >= 0.3 is 0 Å². The number of halogens is 2. The number of rotatable bonds is 7. The van der Waals surface area contributed by atoms with Gasteiger partial charge < -0.3 is 9.47 Å². The summed E-state index contributed by atoms with van der Waals surface area (Å²) in [6.07, 6.45) is 0. The van der Waals surface area contributed by atoms with Crippen LogP contribution in [0.2, 0.25) is 5.02 Å². The van der Waals surface area contributed by atoms with Crippen LogP contribution in [0.25, 0.3) is 0 Å². The van der Waals surface area contributed by atoms with Crippen molar-refractivity contribution >= 4 is 27.3 Å². The number of sulfonamides is 1. The molecule has 0 fully saturated rings. The monoisotopic (exact) mass is 449 g/mol. The van der Waals surface area contributed by atoms with Crippen LogP contribution in [-0.2, 0) is 10.0 Å². The molecule has 0 saturated heterocycles. The van der Waals surface area contributed by atoms with Crippen molar-refractivity contribution < 1.29 is 22.3 Å². The molecule has 0 spiro atoms. The van der Waals surface area contributed by atoms with Gasteiger partial charge in [0.2, 0.25) is 0 Å². The van der Waals surface area contributed by atoms with Gasteiger partial charge in [0, 0.05) is 6.07 Å². The first-order valence-electron chi connectivity index (χ1n) is 9.05. The van der Waals surface area contributed by atoms with Gasteiger partial charge in [-0.25, -0.2) is 12.8 Å². The van der Waals surface area contributed by atoms with E-state index in [2.05, 4.69) is 0 Å². The van der Waals surface area contributed by atoms with Crippen LogP contribution in [0.3, 0.4) is 0 Å². The molecule has 0 bridgehead atoms. The summed E-state index contributed by atoms with van der Waals surface area (Å²) in [6.45, 7) is 1.76. The zero-order valence-electron chi connectivity index (χ0n) is 16.7. The van der Waals surface area contributed by atoms with Crippen molar-refractivity contribution in [2.24, 2.45) is 0 Å². The van der Waals surface area contributed by atoms with Crippen molar-refractivity contribution in [1.29, 1.82) is 0 Å². The first-order valence-corrected chi connectivity index (χ1v) is 10.9. The van der Waals surface area contributed by atoms with E-state index in [4.69, 9.17) is 21.1 Å². The average molecular weight is 450 g/mol. The molecule has 8 heteroatoms. The third-order valence-electron chi connectivity index (χ3n) is 4.68. The van der Waals surface area contributed by atoms with E-state index in [1.807, 2.05) is 6.07 Å². The molecule has 0 aromatic heterocycles. The van der Waals surface area contributed by atoms with Gasteiger partial charge in [-0.1, -0.05) is 29.8 Å². The molecule has 0 saturated carbocycles. The number of nitrogens with zero attached hydrogens (tertiary/aromatic N) is 1. The van der Waals surface area contributed by atoms with Gasteiger partial charge in [-0.3, -0.25) is 4.31 Å². The lowest BCUT2D eigenvalue weighted by molar-refractivity contribution is 0.413. The Morgan fingerprint density at radius 2 is 1.57 bits per heavy atom. The van der Waals surface area contributed by atoms with E-state index in [1.165, 1.54) is 17.5 Å². The third-order valence-corrected chi connectivity index (χ3v) is 6.87. The lowest BCUT2D eigenvalue weighted by Crippen LogP contribution is -2.33. The minimum atomic E-state index is -4.10. The second-order valence-electron chi connectivity index (χ2n) is 6.53. The van der Waals surface area contributed by atoms with E-state index in [9.17, 15) is 12.8 Å². The van der Waals surface area contributed by atoms with E-state index >= 15 is 0 Å². The molecule has 0 aliphatic rings. The Morgan fingerprint density at radius 3 is 2.20 bits per heavy atom. The molecular formula is C22H21ClFNO4S. The van der Waals surface area contributed by atoms with Gasteiger partial charge in [0.1, 0.15) is 17.3 Å². The molecule has 5 nitrogen and oxygen atoms in total. The lowest BCUT2D eigenvalue weighted by Gasteiger charge is -2.31. The molecule has 30 heavy (non-hydrogen) atoms. The number of ether oxygens (including phenoxy) is 2. The predicted octanol–water partition coefficient (Wildman–Crippen LogP) is 5.45. The summed E-state index contributed by atoms with van der Waals surface area (Å²) in [5, 5.41) is -0.268. The Hall–Kier alpha value is -2.77. The van der Waals surface area contributed by atoms with Crippen LogP contribution >= 0.6 is 11.6 Å². The van der Waals surface area contributed by atoms with Gasteiger partial charge in [-0.05, 0) is 55.0 Å². The second-order valence-corrected chi connectivity index (χ2v) is 8.75. The normalized spacial score (nSPS) is 12.3. The quantitative estimate of drug-likeness (QED) is 0.481. The minimum absolute atomic E-state index is 0.119. The highest BCUT2D eigenvalue weighted by molar-refractivity contribution is 7.92. The zero-order chi connectivity index (χ0) is 21.9. The Kier molecular flexibility index (Phi) is 6.53. The van der Waals surface area contributed by atoms with Gasteiger partial charge in [0.15, 0.2) is 0 Å². The van der Waals surface area contributed by atoms with Crippen molar-refractivity contribution in [3.63, 3.8) is 0 Å². The highest BCUT2D eigenvalue weighted by Crippen LogP contribution is 2.36. The molecule has 0 aliphatic heterocycles. The number of anilines is 1. The number of hydrogen-bond donors (Lipinski definition) is 0. The number of hydrogen-bond acceptors (Lipinski definition) is 4. The fourth-order valence-corrected chi connectivity index (χ4v) is 5.01. The van der Waals surface area contributed by atoms with E-state index in [0.29, 0.717) is 22.7 Å². The maximum Gasteiger partial charge on any atom is 0.264 e. The molecule has 0 amide bonds. The van der Waals surface area contributed by atoms with Crippen LogP contribution in [0.4, 0.5) is 10.1 Å². The Bertz CT molecular complexity index is 1150. The van der Waals surface area contributed by atoms with Crippen molar-refractivity contribution in [3.05, 3.63) is 83.1 Å². The predicted molar refractivity (Wildman–Crippen MR) is 115 cm³/mol. The van der Waals surface area contributed by atoms with Gasteiger partial charge in [0.25, 0.3) is 10.0 Å². The lowest BCUT2D eigenvalue weighted by atomic mass is 10.1. The minimum Gasteiger partial charge on any atom is -0.497 e. The summed E-state index contributed by atoms with van der Waals surface area (Å²) in [5.41, 5.74) is 1.11. The molecule has 0 radical (unpaired) electrons. The SMILES string of the molecule is COc1cccc(C(C)N(c2cccc(OC)c2)S(=O)(=O)c2ccc(F)c(Cl)c2)c1. The molecule has 3 aromatic carbocycles. The summed E-state index contributed by atoms with van der Waals surface area (Å²) in [4.78, 5) is -0.119. The Morgan fingerprint density at radius 1 is 0.933 bits per heavy atom. The molecule has 3 aromatic rings. The summed E-state index contributed by atoms with van der Waals surface area (Å²) in [5.74, 6) is 0.416. The topological polar surface area (TPSA) is 55.8 Å². The first-order chi connectivity index (χ1) is 14.3. The smallest absolute Gasteiger partial charge is 0.264 e. The zero-order valence-corrected chi connectivity index (χ0v) is 18.2. The maximum atomic E-state index is 13.6. The maximum absolute atomic E-state index is 13.6. The van der Waals surface area contributed by atoms with Gasteiger partial charge in [0.05, 0.1) is 35.9 Å². The average Bonchev–Trinajstić information content (AvgIpc) is 2.75. The van der Waals surface area contributed by atoms with Crippen molar-refractivity contribution in [1.82, 2.24) is 0 Å². The van der Waals surface area contributed by atoms with Crippen LogP contribution in [0, 0.1) is 5.82 Å². The van der Waals surface area contributed by atoms with Crippen LogP contribution in [0.5, 0.6) is 11.5 Å². The highest BCUT2D eigenvalue weighted by atomic mass is 35.5. The van der Waals surface area contributed by atoms with E-state index in [0.717, 1.165) is 12.1 Å². The molecular weight excluding hydrogens is 429 g/mol. The Balaban J connectivity index is 2.19. The molecule has 0 heterocycles. The summed E-state index contributed by atoms with van der Waals surface area (Å²) < 4.78 is 52.7. The third kappa shape index (κ3) is 4.37. The van der Waals surface area contributed by atoms with Crippen LogP contribution < -0.4 is 13.8 Å². The second kappa shape index (κ2) is 8.93. The van der Waals surface area contributed by atoms with Crippen LogP contribution in [-0.4, -0.2) is 22.6 Å². The highest BCUT2D eigenvalue weighted by Gasteiger charge is 2.31. The van der Waals surface area contributed by atoms with Crippen molar-refractivity contribution in [2.75, 3.05) is 18.5 Å². The fourth-order valence-electron chi connectivity index (χ4n) is 3.11. The van der Waals surface area contributed by atoms with E-state index < -0.39 is 21.9 Å². The molecule has 1 unspecified atom stereocenters. The van der Waals surface area contributed by atoms with Gasteiger partial charge in [-0.15, -0.1) is 0 Å². The number of methoxy groups -OCH3 is 2. The fraction of sp³-hybridized carbons (Fsp3) is 0.182.